The molecule has 10 heteroatoms. The van der Waals surface area contributed by atoms with Gasteiger partial charge < -0.3 is 5.32 Å². The molecule has 0 saturated carbocycles. The first-order valence-electron chi connectivity index (χ1n) is 9.75. The SMILES string of the molecule is Cc1cc(S(=O)(=O)Nc2cscn2)c(F)cc1NC1CCN(Cc2ccccc2F)C1. The van der Waals surface area contributed by atoms with E-state index in [9.17, 15) is 17.2 Å². The molecular weight excluding hydrogens is 442 g/mol. The van der Waals surface area contributed by atoms with Crippen molar-refractivity contribution in [2.24, 2.45) is 0 Å². The lowest BCUT2D eigenvalue weighted by molar-refractivity contribution is 0.323. The highest BCUT2D eigenvalue weighted by Gasteiger charge is 2.25. The number of halogens is 2. The van der Waals surface area contributed by atoms with Crippen LogP contribution in [0.4, 0.5) is 20.3 Å². The predicted octanol–water partition coefficient (Wildman–Crippen LogP) is 4.22. The quantitative estimate of drug-likeness (QED) is 0.548. The molecule has 0 bridgehead atoms. The van der Waals surface area contributed by atoms with Gasteiger partial charge in [-0.2, -0.15) is 0 Å². The molecule has 0 spiro atoms. The van der Waals surface area contributed by atoms with Gasteiger partial charge in [-0.25, -0.2) is 22.2 Å². The number of rotatable bonds is 7. The van der Waals surface area contributed by atoms with Gasteiger partial charge >= 0.3 is 0 Å². The van der Waals surface area contributed by atoms with E-state index in [-0.39, 0.29) is 17.7 Å². The van der Waals surface area contributed by atoms with E-state index < -0.39 is 20.7 Å². The van der Waals surface area contributed by atoms with Gasteiger partial charge in [0, 0.05) is 42.3 Å². The van der Waals surface area contributed by atoms with Crippen LogP contribution in [0.2, 0.25) is 0 Å². The Bertz CT molecular complexity index is 1170. The maximum absolute atomic E-state index is 14.7. The van der Waals surface area contributed by atoms with Crippen molar-refractivity contribution >= 4 is 32.9 Å². The number of hydrogen-bond acceptors (Lipinski definition) is 6. The minimum absolute atomic E-state index is 0.0560. The van der Waals surface area contributed by atoms with Gasteiger partial charge in [0.05, 0.1) is 5.51 Å². The van der Waals surface area contributed by atoms with Crippen LogP contribution in [-0.4, -0.2) is 37.4 Å². The third-order valence-electron chi connectivity index (χ3n) is 5.22. The second-order valence-corrected chi connectivity index (χ2v) is 9.90. The first kappa shape index (κ1) is 21.7. The van der Waals surface area contributed by atoms with Crippen LogP contribution in [0.25, 0.3) is 0 Å². The summed E-state index contributed by atoms with van der Waals surface area (Å²) in [7, 11) is -4.08. The molecule has 1 atom stereocenters. The standard InChI is InChI=1S/C21H22F2N4O2S2/c1-14-8-20(31(28,29)26-21-12-30-13-24-21)18(23)9-19(14)25-16-6-7-27(11-16)10-15-4-2-3-5-17(15)22/h2-5,8-9,12-13,16,25-26H,6-7,10-11H2,1H3. The summed E-state index contributed by atoms with van der Waals surface area (Å²) in [6, 6.07) is 9.29. The van der Waals surface area contributed by atoms with E-state index in [1.54, 1.807) is 19.1 Å². The molecule has 0 amide bonds. The summed E-state index contributed by atoms with van der Waals surface area (Å²) in [5, 5.41) is 4.84. The monoisotopic (exact) mass is 464 g/mol. The Morgan fingerprint density at radius 2 is 2.03 bits per heavy atom. The molecule has 1 saturated heterocycles. The topological polar surface area (TPSA) is 74.3 Å². The molecule has 2 N–H and O–H groups in total. The van der Waals surface area contributed by atoms with Gasteiger partial charge in [0.15, 0.2) is 5.82 Å². The lowest BCUT2D eigenvalue weighted by atomic mass is 10.1. The third kappa shape index (κ3) is 5.03. The fraction of sp³-hybridized carbons (Fsp3) is 0.286. The highest BCUT2D eigenvalue weighted by Crippen LogP contribution is 2.27. The van der Waals surface area contributed by atoms with Gasteiger partial charge in [0.25, 0.3) is 10.0 Å². The minimum atomic E-state index is -4.08. The van der Waals surface area contributed by atoms with Crippen LogP contribution in [-0.2, 0) is 16.6 Å². The Labute approximate surface area is 184 Å². The molecule has 2 aromatic carbocycles. The molecule has 3 aromatic rings. The second-order valence-electron chi connectivity index (χ2n) is 7.53. The molecule has 0 aliphatic carbocycles. The van der Waals surface area contributed by atoms with E-state index in [0.717, 1.165) is 13.0 Å². The number of nitrogens with one attached hydrogen (secondary N) is 2. The summed E-state index contributed by atoms with van der Waals surface area (Å²) in [6.07, 6.45) is 0.820. The van der Waals surface area contributed by atoms with Crippen molar-refractivity contribution in [3.63, 3.8) is 0 Å². The number of aromatic nitrogens is 1. The van der Waals surface area contributed by atoms with Crippen LogP contribution in [0.5, 0.6) is 0 Å². The van der Waals surface area contributed by atoms with Crippen molar-refractivity contribution in [2.45, 2.75) is 30.8 Å². The summed E-state index contributed by atoms with van der Waals surface area (Å²) in [4.78, 5) is 5.59. The largest absolute Gasteiger partial charge is 0.381 e. The van der Waals surface area contributed by atoms with Crippen LogP contribution in [0, 0.1) is 18.6 Å². The van der Waals surface area contributed by atoms with Crippen molar-refractivity contribution in [2.75, 3.05) is 23.1 Å². The molecule has 0 radical (unpaired) electrons. The van der Waals surface area contributed by atoms with E-state index in [4.69, 9.17) is 0 Å². The molecule has 1 aromatic heterocycles. The molecule has 1 fully saturated rings. The highest BCUT2D eigenvalue weighted by molar-refractivity contribution is 7.92. The Morgan fingerprint density at radius 1 is 1.23 bits per heavy atom. The molecule has 1 aliphatic rings. The number of hydrogen-bond donors (Lipinski definition) is 2. The minimum Gasteiger partial charge on any atom is -0.381 e. The first-order chi connectivity index (χ1) is 14.8. The Morgan fingerprint density at radius 3 is 2.77 bits per heavy atom. The zero-order valence-corrected chi connectivity index (χ0v) is 18.4. The van der Waals surface area contributed by atoms with E-state index in [0.29, 0.717) is 29.9 Å². The molecule has 6 nitrogen and oxygen atoms in total. The van der Waals surface area contributed by atoms with Gasteiger partial charge in [-0.3, -0.25) is 9.62 Å². The Hall–Kier alpha value is -2.56. The maximum Gasteiger partial charge on any atom is 0.266 e. The van der Waals surface area contributed by atoms with Crippen LogP contribution in [0.3, 0.4) is 0 Å². The van der Waals surface area contributed by atoms with Gasteiger partial charge in [-0.05, 0) is 37.1 Å². The van der Waals surface area contributed by atoms with Gasteiger partial charge in [0.1, 0.15) is 16.5 Å². The normalized spacial score (nSPS) is 17.1. The van der Waals surface area contributed by atoms with Crippen molar-refractivity contribution < 1.29 is 17.2 Å². The van der Waals surface area contributed by atoms with Crippen molar-refractivity contribution in [3.05, 3.63) is 70.1 Å². The van der Waals surface area contributed by atoms with E-state index in [1.165, 1.54) is 40.4 Å². The number of likely N-dealkylation sites (tertiary alicyclic amines) is 1. The number of aryl methyl sites for hydroxylation is 1. The zero-order chi connectivity index (χ0) is 22.0. The van der Waals surface area contributed by atoms with Crippen LogP contribution < -0.4 is 10.0 Å². The van der Waals surface area contributed by atoms with E-state index >= 15 is 0 Å². The fourth-order valence-electron chi connectivity index (χ4n) is 3.65. The third-order valence-corrected chi connectivity index (χ3v) is 7.18. The Kier molecular flexibility index (Phi) is 6.22. The smallest absolute Gasteiger partial charge is 0.266 e. The number of benzene rings is 2. The summed E-state index contributed by atoms with van der Waals surface area (Å²) < 4.78 is 55.9. The molecule has 164 valence electrons. The van der Waals surface area contributed by atoms with Crippen molar-refractivity contribution in [3.8, 4) is 0 Å². The fourth-order valence-corrected chi connectivity index (χ4v) is 5.36. The molecule has 4 rings (SSSR count). The number of nitrogens with zero attached hydrogens (tertiary/aromatic N) is 2. The number of sulfonamides is 1. The van der Waals surface area contributed by atoms with Crippen LogP contribution in [0.1, 0.15) is 17.5 Å². The van der Waals surface area contributed by atoms with Gasteiger partial charge in [0.2, 0.25) is 0 Å². The van der Waals surface area contributed by atoms with Crippen LogP contribution in [0.15, 0.2) is 52.2 Å². The summed E-state index contributed by atoms with van der Waals surface area (Å²) in [5.41, 5.74) is 3.30. The molecular formula is C21H22F2N4O2S2. The Balaban J connectivity index is 1.44. The highest BCUT2D eigenvalue weighted by atomic mass is 32.2. The summed E-state index contributed by atoms with van der Waals surface area (Å²) in [5.74, 6) is -0.901. The van der Waals surface area contributed by atoms with Crippen LogP contribution >= 0.6 is 11.3 Å². The second kappa shape index (κ2) is 8.89. The average Bonchev–Trinajstić information content (AvgIpc) is 3.38. The average molecular weight is 465 g/mol. The lowest BCUT2D eigenvalue weighted by Gasteiger charge is -2.19. The van der Waals surface area contributed by atoms with Gasteiger partial charge in [-0.1, -0.05) is 18.2 Å². The molecule has 1 unspecified atom stereocenters. The maximum atomic E-state index is 14.7. The lowest BCUT2D eigenvalue weighted by Crippen LogP contribution is -2.26. The molecule has 31 heavy (non-hydrogen) atoms. The predicted molar refractivity (Wildman–Crippen MR) is 118 cm³/mol. The van der Waals surface area contributed by atoms with E-state index in [1.807, 2.05) is 6.07 Å². The van der Waals surface area contributed by atoms with E-state index in [2.05, 4.69) is 19.9 Å². The van der Waals surface area contributed by atoms with Crippen molar-refractivity contribution in [1.82, 2.24) is 9.88 Å². The molecule has 1 aliphatic heterocycles. The van der Waals surface area contributed by atoms with Gasteiger partial charge in [-0.15, -0.1) is 11.3 Å². The van der Waals surface area contributed by atoms with Crippen molar-refractivity contribution in [1.29, 1.82) is 0 Å². The first-order valence-corrected chi connectivity index (χ1v) is 12.2. The summed E-state index contributed by atoms with van der Waals surface area (Å²) in [6.45, 7) is 3.71. The number of anilines is 2. The molecule has 2 heterocycles. The number of thiazole rings is 1. The summed E-state index contributed by atoms with van der Waals surface area (Å²) >= 11 is 1.24. The zero-order valence-electron chi connectivity index (χ0n) is 16.8.